The van der Waals surface area contributed by atoms with Gasteiger partial charge < -0.3 is 20.9 Å². The lowest BCUT2D eigenvalue weighted by atomic mass is 9.46. The van der Waals surface area contributed by atoms with Crippen molar-refractivity contribution in [2.24, 2.45) is 17.1 Å². The van der Waals surface area contributed by atoms with E-state index in [1.54, 1.807) is 0 Å². The van der Waals surface area contributed by atoms with Crippen LogP contribution in [0.3, 0.4) is 0 Å². The lowest BCUT2D eigenvalue weighted by Crippen LogP contribution is -2.82. The van der Waals surface area contributed by atoms with Gasteiger partial charge >= 0.3 is 0 Å². The van der Waals surface area contributed by atoms with Crippen molar-refractivity contribution in [1.82, 2.24) is 5.32 Å². The second-order valence-corrected chi connectivity index (χ2v) is 6.87. The Morgan fingerprint density at radius 3 is 2.90 bits per heavy atom. The Bertz CT molecular complexity index is 372. The number of hydrogen-bond acceptors (Lipinski definition) is 4. The molecule has 0 spiro atoms. The zero-order chi connectivity index (χ0) is 15.0. The van der Waals surface area contributed by atoms with Crippen molar-refractivity contribution in [3.8, 4) is 0 Å². The van der Waals surface area contributed by atoms with Gasteiger partial charge in [0.1, 0.15) is 5.54 Å². The number of amides is 1. The zero-order valence-corrected chi connectivity index (χ0v) is 12.8. The fourth-order valence-electron chi connectivity index (χ4n) is 3.85. The molecule has 0 aromatic carbocycles. The summed E-state index contributed by atoms with van der Waals surface area (Å²) in [6, 6.07) is 0.0365. The van der Waals surface area contributed by atoms with Gasteiger partial charge in [-0.25, -0.2) is 0 Å². The van der Waals surface area contributed by atoms with Gasteiger partial charge in [0.2, 0.25) is 5.91 Å². The van der Waals surface area contributed by atoms with Crippen molar-refractivity contribution in [2.45, 2.75) is 64.1 Å². The first-order chi connectivity index (χ1) is 9.35. The summed E-state index contributed by atoms with van der Waals surface area (Å²) in [5.74, 6) is 0.0518. The lowest BCUT2D eigenvalue weighted by molar-refractivity contribution is -0.225. The van der Waals surface area contributed by atoms with Gasteiger partial charge in [0.05, 0.1) is 6.10 Å². The van der Waals surface area contributed by atoms with Gasteiger partial charge in [0, 0.05) is 30.6 Å². The minimum Gasteiger partial charge on any atom is -0.396 e. The molecule has 0 aromatic rings. The molecule has 1 aliphatic carbocycles. The van der Waals surface area contributed by atoms with E-state index in [-0.39, 0.29) is 36.0 Å². The maximum atomic E-state index is 12.6. The number of nitrogens with one attached hydrogen (secondary N) is 1. The highest BCUT2D eigenvalue weighted by Crippen LogP contribution is 2.57. The molecule has 2 fully saturated rings. The van der Waals surface area contributed by atoms with Crippen molar-refractivity contribution < 1.29 is 14.6 Å². The molecule has 5 nitrogen and oxygen atoms in total. The summed E-state index contributed by atoms with van der Waals surface area (Å²) in [4.78, 5) is 12.6. The first kappa shape index (κ1) is 15.7. The summed E-state index contributed by atoms with van der Waals surface area (Å²) in [5, 5.41) is 11.9. The summed E-state index contributed by atoms with van der Waals surface area (Å²) in [5.41, 5.74) is 5.34. The van der Waals surface area contributed by atoms with E-state index >= 15 is 0 Å². The van der Waals surface area contributed by atoms with Crippen LogP contribution in [0.15, 0.2) is 0 Å². The number of aliphatic hydroxyl groups is 1. The molecule has 1 heterocycles. The van der Waals surface area contributed by atoms with Crippen LogP contribution in [0.5, 0.6) is 0 Å². The molecule has 0 aromatic heterocycles. The quantitative estimate of drug-likeness (QED) is 0.697. The molecule has 4 atom stereocenters. The first-order valence-corrected chi connectivity index (χ1v) is 7.68. The van der Waals surface area contributed by atoms with Gasteiger partial charge in [-0.05, 0) is 32.6 Å². The number of carbonyl (C=O) groups is 1. The van der Waals surface area contributed by atoms with Crippen LogP contribution < -0.4 is 11.1 Å². The molecule has 5 heteroatoms. The molecule has 116 valence electrons. The monoisotopic (exact) mass is 284 g/mol. The number of fused-ring (bicyclic) bond motifs is 1. The molecule has 1 amide bonds. The number of carbonyl (C=O) groups excluding carboxylic acids is 1. The second-order valence-electron chi connectivity index (χ2n) is 6.87. The Morgan fingerprint density at radius 2 is 2.25 bits per heavy atom. The lowest BCUT2D eigenvalue weighted by Gasteiger charge is -2.65. The van der Waals surface area contributed by atoms with Crippen LogP contribution in [0, 0.1) is 11.3 Å². The van der Waals surface area contributed by atoms with Crippen LogP contribution in [0.4, 0.5) is 0 Å². The molecule has 4 unspecified atom stereocenters. The van der Waals surface area contributed by atoms with E-state index in [1.807, 2.05) is 20.8 Å². The molecule has 1 saturated heterocycles. The number of rotatable bonds is 5. The summed E-state index contributed by atoms with van der Waals surface area (Å²) in [6.45, 7) is 6.93. The predicted molar refractivity (Wildman–Crippen MR) is 77.1 cm³/mol. The Labute approximate surface area is 121 Å². The summed E-state index contributed by atoms with van der Waals surface area (Å²) < 4.78 is 5.81. The summed E-state index contributed by atoms with van der Waals surface area (Å²) in [7, 11) is 0. The minimum absolute atomic E-state index is 0.0365. The van der Waals surface area contributed by atoms with E-state index in [4.69, 9.17) is 15.6 Å². The molecular weight excluding hydrogens is 256 g/mol. The van der Waals surface area contributed by atoms with Gasteiger partial charge in [-0.1, -0.05) is 13.8 Å². The Morgan fingerprint density at radius 1 is 1.55 bits per heavy atom. The molecule has 1 aliphatic heterocycles. The highest BCUT2D eigenvalue weighted by molar-refractivity contribution is 5.89. The first-order valence-electron chi connectivity index (χ1n) is 7.68. The summed E-state index contributed by atoms with van der Waals surface area (Å²) in [6.07, 6.45) is 3.49. The van der Waals surface area contributed by atoms with Gasteiger partial charge in [0.15, 0.2) is 0 Å². The van der Waals surface area contributed by atoms with E-state index in [0.717, 1.165) is 25.9 Å². The van der Waals surface area contributed by atoms with Crippen LogP contribution in [0.2, 0.25) is 0 Å². The molecule has 2 aliphatic rings. The van der Waals surface area contributed by atoms with Crippen molar-refractivity contribution in [3.05, 3.63) is 0 Å². The third-order valence-electron chi connectivity index (χ3n) is 5.23. The molecule has 2 rings (SSSR count). The van der Waals surface area contributed by atoms with Crippen LogP contribution >= 0.6 is 0 Å². The maximum absolute atomic E-state index is 12.6. The van der Waals surface area contributed by atoms with Gasteiger partial charge in [0.25, 0.3) is 0 Å². The fraction of sp³-hybridized carbons (Fsp3) is 0.933. The highest BCUT2D eigenvalue weighted by Gasteiger charge is 2.70. The maximum Gasteiger partial charge on any atom is 0.241 e. The molecular formula is C15H28N2O3. The Balaban J connectivity index is 2.03. The smallest absolute Gasteiger partial charge is 0.241 e. The molecule has 20 heavy (non-hydrogen) atoms. The molecule has 0 bridgehead atoms. The molecule has 4 N–H and O–H groups in total. The van der Waals surface area contributed by atoms with E-state index < -0.39 is 5.54 Å². The van der Waals surface area contributed by atoms with E-state index in [2.05, 4.69) is 5.32 Å². The zero-order valence-electron chi connectivity index (χ0n) is 12.8. The topological polar surface area (TPSA) is 84.6 Å². The number of aliphatic hydroxyl groups excluding tert-OH is 1. The third kappa shape index (κ3) is 2.26. The van der Waals surface area contributed by atoms with E-state index in [1.165, 1.54) is 0 Å². The predicted octanol–water partition coefficient (Wildman–Crippen LogP) is 0.796. The van der Waals surface area contributed by atoms with Crippen LogP contribution in [0.25, 0.3) is 0 Å². The highest BCUT2D eigenvalue weighted by atomic mass is 16.5. The normalized spacial score (nSPS) is 36.6. The van der Waals surface area contributed by atoms with Crippen molar-refractivity contribution >= 4 is 5.91 Å². The van der Waals surface area contributed by atoms with Crippen LogP contribution in [0.1, 0.15) is 46.5 Å². The SMILES string of the molecule is CC(CCCO)NC(=O)C1(N)C2CCCOC2C1(C)C. The van der Waals surface area contributed by atoms with Gasteiger partial charge in [-0.2, -0.15) is 0 Å². The van der Waals surface area contributed by atoms with Crippen LogP contribution in [-0.4, -0.2) is 41.9 Å². The minimum atomic E-state index is -0.842. The number of hydrogen-bond donors (Lipinski definition) is 3. The summed E-state index contributed by atoms with van der Waals surface area (Å²) >= 11 is 0. The van der Waals surface area contributed by atoms with Crippen molar-refractivity contribution in [3.63, 3.8) is 0 Å². The Hall–Kier alpha value is -0.650. The van der Waals surface area contributed by atoms with Gasteiger partial charge in [-0.15, -0.1) is 0 Å². The number of ether oxygens (including phenoxy) is 1. The van der Waals surface area contributed by atoms with Crippen LogP contribution in [-0.2, 0) is 9.53 Å². The van der Waals surface area contributed by atoms with E-state index in [0.29, 0.717) is 6.42 Å². The third-order valence-corrected chi connectivity index (χ3v) is 5.23. The standard InChI is InChI=1S/C15H28N2O3/c1-10(6-4-8-18)17-13(19)15(16)11-7-5-9-20-12(11)14(15,2)3/h10-12,18H,4-9,16H2,1-3H3,(H,17,19). The molecule has 1 saturated carbocycles. The molecule has 0 radical (unpaired) electrons. The number of nitrogens with two attached hydrogens (primary N) is 1. The van der Waals surface area contributed by atoms with Crippen molar-refractivity contribution in [1.29, 1.82) is 0 Å². The Kier molecular flexibility index (Phi) is 4.42. The largest absolute Gasteiger partial charge is 0.396 e. The second kappa shape index (κ2) is 5.62. The fourth-order valence-corrected chi connectivity index (χ4v) is 3.85. The average molecular weight is 284 g/mol. The average Bonchev–Trinajstić information content (AvgIpc) is 2.44. The van der Waals surface area contributed by atoms with E-state index in [9.17, 15) is 4.79 Å². The van der Waals surface area contributed by atoms with Crippen molar-refractivity contribution in [2.75, 3.05) is 13.2 Å². The van der Waals surface area contributed by atoms with Gasteiger partial charge in [-0.3, -0.25) is 4.79 Å².